The molecule has 5 heteroatoms. The van der Waals surface area contributed by atoms with Gasteiger partial charge in [0.2, 0.25) is 0 Å². The van der Waals surface area contributed by atoms with Gasteiger partial charge in [-0.05, 0) is 43.9 Å². The fraction of sp³-hybridized carbons (Fsp3) is 0.562. The quantitative estimate of drug-likeness (QED) is 0.780. The van der Waals surface area contributed by atoms with Gasteiger partial charge >= 0.3 is 6.03 Å². The molecule has 0 bridgehead atoms. The lowest BCUT2D eigenvalue weighted by Crippen LogP contribution is -2.39. The van der Waals surface area contributed by atoms with Crippen molar-refractivity contribution in [1.29, 1.82) is 0 Å². The summed E-state index contributed by atoms with van der Waals surface area (Å²) in [6.45, 7) is 5.16. The second kappa shape index (κ2) is 7.43. The minimum atomic E-state index is -0.540. The van der Waals surface area contributed by atoms with Crippen molar-refractivity contribution >= 4 is 11.7 Å². The normalized spacial score (nSPS) is 23.5. The third-order valence-corrected chi connectivity index (χ3v) is 3.99. The molecule has 1 fully saturated rings. The zero-order valence-corrected chi connectivity index (χ0v) is 12.8. The number of benzene rings is 1. The first-order chi connectivity index (χ1) is 10.1. The van der Waals surface area contributed by atoms with E-state index in [0.717, 1.165) is 31.6 Å². The van der Waals surface area contributed by atoms with E-state index in [1.54, 1.807) is 0 Å². The van der Waals surface area contributed by atoms with E-state index in [4.69, 9.17) is 10.5 Å². The van der Waals surface area contributed by atoms with Gasteiger partial charge in [-0.25, -0.2) is 4.79 Å². The summed E-state index contributed by atoms with van der Waals surface area (Å²) in [4.78, 5) is 10.8. The van der Waals surface area contributed by atoms with Crippen molar-refractivity contribution in [2.75, 3.05) is 11.9 Å². The molecule has 1 heterocycles. The highest BCUT2D eigenvalue weighted by atomic mass is 16.5. The number of nitrogens with two attached hydrogens (primary N) is 1. The van der Waals surface area contributed by atoms with E-state index < -0.39 is 6.03 Å². The van der Waals surface area contributed by atoms with E-state index >= 15 is 0 Å². The van der Waals surface area contributed by atoms with E-state index in [1.165, 1.54) is 5.56 Å². The Morgan fingerprint density at radius 2 is 2.14 bits per heavy atom. The van der Waals surface area contributed by atoms with Crippen LogP contribution in [0.25, 0.3) is 0 Å². The molecule has 1 aliphatic heterocycles. The number of ether oxygens (including phenoxy) is 1. The Morgan fingerprint density at radius 3 is 2.76 bits per heavy atom. The Kier molecular flexibility index (Phi) is 5.59. The van der Waals surface area contributed by atoms with Crippen LogP contribution in [0.3, 0.4) is 0 Å². The van der Waals surface area contributed by atoms with Crippen molar-refractivity contribution in [2.24, 2.45) is 5.73 Å². The molecule has 3 unspecified atom stereocenters. The molecule has 2 amide bonds. The van der Waals surface area contributed by atoms with Gasteiger partial charge in [0.15, 0.2) is 0 Å². The number of carbonyl (C=O) groups is 1. The van der Waals surface area contributed by atoms with Crippen LogP contribution in [-0.2, 0) is 4.74 Å². The molecule has 0 aliphatic carbocycles. The minimum absolute atomic E-state index is 0.272. The summed E-state index contributed by atoms with van der Waals surface area (Å²) in [7, 11) is 0. The molecule has 1 aromatic carbocycles. The molecule has 21 heavy (non-hydrogen) atoms. The van der Waals surface area contributed by atoms with Crippen molar-refractivity contribution in [3.8, 4) is 0 Å². The summed E-state index contributed by atoms with van der Waals surface area (Å²) in [5, 5.41) is 6.24. The van der Waals surface area contributed by atoms with E-state index in [9.17, 15) is 4.79 Å². The fourth-order valence-corrected chi connectivity index (χ4v) is 2.76. The third-order valence-electron chi connectivity index (χ3n) is 3.99. The smallest absolute Gasteiger partial charge is 0.316 e. The molecular formula is C16H25N3O2. The van der Waals surface area contributed by atoms with Crippen molar-refractivity contribution in [2.45, 2.75) is 51.3 Å². The van der Waals surface area contributed by atoms with Gasteiger partial charge in [-0.2, -0.15) is 0 Å². The van der Waals surface area contributed by atoms with Crippen LogP contribution in [0.1, 0.15) is 44.7 Å². The average molecular weight is 291 g/mol. The average Bonchev–Trinajstić information content (AvgIpc) is 2.47. The summed E-state index contributed by atoms with van der Waals surface area (Å²) < 4.78 is 5.71. The maximum atomic E-state index is 10.8. The number of urea groups is 1. The molecule has 2 rings (SSSR count). The summed E-state index contributed by atoms with van der Waals surface area (Å²) in [5.74, 6) is 0. The predicted molar refractivity (Wildman–Crippen MR) is 84.3 cm³/mol. The Labute approximate surface area is 126 Å². The molecule has 0 saturated carbocycles. The number of rotatable bonds is 5. The van der Waals surface area contributed by atoms with Crippen LogP contribution < -0.4 is 16.4 Å². The first-order valence-electron chi connectivity index (χ1n) is 7.62. The first-order valence-corrected chi connectivity index (χ1v) is 7.62. The van der Waals surface area contributed by atoms with Crippen LogP contribution in [0.5, 0.6) is 0 Å². The Balaban J connectivity index is 1.90. The highest BCUT2D eigenvalue weighted by Crippen LogP contribution is 2.21. The molecule has 116 valence electrons. The van der Waals surface area contributed by atoms with Crippen LogP contribution in [0.2, 0.25) is 0 Å². The van der Waals surface area contributed by atoms with Gasteiger partial charge in [-0.3, -0.25) is 0 Å². The minimum Gasteiger partial charge on any atom is -0.378 e. The molecule has 1 saturated heterocycles. The highest BCUT2D eigenvalue weighted by molar-refractivity contribution is 5.87. The molecule has 4 N–H and O–H groups in total. The van der Waals surface area contributed by atoms with Gasteiger partial charge in [0.25, 0.3) is 0 Å². The Bertz CT molecular complexity index is 461. The van der Waals surface area contributed by atoms with E-state index in [-0.39, 0.29) is 6.04 Å². The molecular weight excluding hydrogens is 266 g/mol. The van der Waals surface area contributed by atoms with Crippen LogP contribution in [0, 0.1) is 0 Å². The second-order valence-corrected chi connectivity index (χ2v) is 5.62. The molecule has 1 aromatic rings. The fourth-order valence-electron chi connectivity index (χ4n) is 2.76. The molecule has 0 aromatic heterocycles. The Morgan fingerprint density at radius 1 is 1.43 bits per heavy atom. The standard InChI is InChI=1S/C16H25N3O2/c1-3-15-10-14(8-9-21-15)18-11(2)12-4-6-13(7-5-12)19-16(17)20/h4-7,11,14-15,18H,3,8-10H2,1-2H3,(H3,17,19,20). The lowest BCUT2D eigenvalue weighted by atomic mass is 9.99. The van der Waals surface area contributed by atoms with Crippen LogP contribution in [-0.4, -0.2) is 24.8 Å². The number of hydrogen-bond donors (Lipinski definition) is 3. The molecule has 0 radical (unpaired) electrons. The zero-order chi connectivity index (χ0) is 15.2. The van der Waals surface area contributed by atoms with Gasteiger partial charge in [-0.1, -0.05) is 19.1 Å². The van der Waals surface area contributed by atoms with E-state index in [1.807, 2.05) is 24.3 Å². The topological polar surface area (TPSA) is 76.4 Å². The van der Waals surface area contributed by atoms with Crippen molar-refractivity contribution in [1.82, 2.24) is 5.32 Å². The van der Waals surface area contributed by atoms with Gasteiger partial charge in [-0.15, -0.1) is 0 Å². The molecule has 1 aliphatic rings. The van der Waals surface area contributed by atoms with Crippen LogP contribution in [0.4, 0.5) is 10.5 Å². The molecule has 5 nitrogen and oxygen atoms in total. The van der Waals surface area contributed by atoms with Gasteiger partial charge in [0, 0.05) is 24.4 Å². The van der Waals surface area contributed by atoms with Crippen LogP contribution >= 0.6 is 0 Å². The SMILES string of the molecule is CCC1CC(NC(C)c2ccc(NC(N)=O)cc2)CCO1. The Hall–Kier alpha value is -1.59. The number of hydrogen-bond acceptors (Lipinski definition) is 3. The molecule has 0 spiro atoms. The summed E-state index contributed by atoms with van der Waals surface area (Å²) >= 11 is 0. The lowest BCUT2D eigenvalue weighted by Gasteiger charge is -2.32. The summed E-state index contributed by atoms with van der Waals surface area (Å²) in [6, 6.07) is 8.00. The lowest BCUT2D eigenvalue weighted by molar-refractivity contribution is -0.00165. The maximum Gasteiger partial charge on any atom is 0.316 e. The number of primary amides is 1. The van der Waals surface area contributed by atoms with Crippen molar-refractivity contribution in [3.63, 3.8) is 0 Å². The predicted octanol–water partition coefficient (Wildman–Crippen LogP) is 2.79. The zero-order valence-electron chi connectivity index (χ0n) is 12.8. The number of carbonyl (C=O) groups excluding carboxylic acids is 1. The maximum absolute atomic E-state index is 10.8. The molecule has 3 atom stereocenters. The van der Waals surface area contributed by atoms with Gasteiger partial charge < -0.3 is 21.1 Å². The second-order valence-electron chi connectivity index (χ2n) is 5.62. The van der Waals surface area contributed by atoms with Crippen molar-refractivity contribution < 1.29 is 9.53 Å². The van der Waals surface area contributed by atoms with E-state index in [0.29, 0.717) is 12.1 Å². The first kappa shape index (κ1) is 15.8. The summed E-state index contributed by atoms with van der Waals surface area (Å²) in [6.07, 6.45) is 3.58. The number of amides is 2. The highest BCUT2D eigenvalue weighted by Gasteiger charge is 2.22. The number of anilines is 1. The van der Waals surface area contributed by atoms with E-state index in [2.05, 4.69) is 24.5 Å². The third kappa shape index (κ3) is 4.72. The van der Waals surface area contributed by atoms with Crippen molar-refractivity contribution in [3.05, 3.63) is 29.8 Å². The van der Waals surface area contributed by atoms with Crippen LogP contribution in [0.15, 0.2) is 24.3 Å². The van der Waals surface area contributed by atoms with Gasteiger partial charge in [0.05, 0.1) is 6.10 Å². The summed E-state index contributed by atoms with van der Waals surface area (Å²) in [5.41, 5.74) is 7.01. The largest absolute Gasteiger partial charge is 0.378 e. The number of nitrogens with one attached hydrogen (secondary N) is 2. The van der Waals surface area contributed by atoms with Gasteiger partial charge in [0.1, 0.15) is 0 Å². The monoisotopic (exact) mass is 291 g/mol.